The number of hydrogen-bond donors (Lipinski definition) is 1. The third-order valence-corrected chi connectivity index (χ3v) is 4.37. The van der Waals surface area contributed by atoms with Gasteiger partial charge in [-0.2, -0.15) is 4.98 Å². The number of piperidine rings is 1. The van der Waals surface area contributed by atoms with Crippen molar-refractivity contribution in [3.63, 3.8) is 0 Å². The summed E-state index contributed by atoms with van der Waals surface area (Å²) in [6, 6.07) is 3.31. The molecule has 1 N–H and O–H groups in total. The molecule has 128 valence electrons. The summed E-state index contributed by atoms with van der Waals surface area (Å²) in [6.07, 6.45) is 5.66. The average Bonchev–Trinajstić information content (AvgIpc) is 3.08. The van der Waals surface area contributed by atoms with Gasteiger partial charge in [0.2, 0.25) is 17.6 Å². The van der Waals surface area contributed by atoms with E-state index in [-0.39, 0.29) is 11.9 Å². The van der Waals surface area contributed by atoms with Gasteiger partial charge in [0.1, 0.15) is 6.04 Å². The van der Waals surface area contributed by atoms with Crippen LogP contribution in [0, 0.1) is 5.92 Å². The lowest BCUT2D eigenvalue weighted by Crippen LogP contribution is -2.41. The monoisotopic (exact) mass is 329 g/mol. The van der Waals surface area contributed by atoms with E-state index in [0.29, 0.717) is 18.3 Å². The Morgan fingerprint density at radius 3 is 2.79 bits per heavy atom. The number of likely N-dealkylation sites (tertiary alicyclic amines) is 1. The fourth-order valence-electron chi connectivity index (χ4n) is 2.80. The molecular weight excluding hydrogens is 306 g/mol. The summed E-state index contributed by atoms with van der Waals surface area (Å²) < 4.78 is 5.28. The lowest BCUT2D eigenvalue weighted by atomic mass is 9.99. The van der Waals surface area contributed by atoms with Crippen LogP contribution in [0.1, 0.15) is 38.6 Å². The highest BCUT2D eigenvalue weighted by Gasteiger charge is 2.21. The fourth-order valence-corrected chi connectivity index (χ4v) is 2.80. The Balaban J connectivity index is 1.54. The maximum atomic E-state index is 12.2. The zero-order chi connectivity index (χ0) is 16.9. The van der Waals surface area contributed by atoms with Crippen LogP contribution in [-0.2, 0) is 4.79 Å². The summed E-state index contributed by atoms with van der Waals surface area (Å²) in [4.78, 5) is 22.7. The minimum atomic E-state index is -0.315. The number of hydrogen-bond acceptors (Lipinski definition) is 6. The van der Waals surface area contributed by atoms with E-state index in [1.165, 1.54) is 0 Å². The van der Waals surface area contributed by atoms with Crippen LogP contribution in [-0.4, -0.2) is 45.6 Å². The third-order valence-electron chi connectivity index (χ3n) is 4.37. The highest BCUT2D eigenvalue weighted by molar-refractivity contribution is 5.78. The van der Waals surface area contributed by atoms with E-state index >= 15 is 0 Å². The second-order valence-corrected chi connectivity index (χ2v) is 6.44. The Hall–Kier alpha value is -2.28. The summed E-state index contributed by atoms with van der Waals surface area (Å²) in [5, 5.41) is 6.89. The van der Waals surface area contributed by atoms with Crippen LogP contribution < -0.4 is 5.32 Å². The van der Waals surface area contributed by atoms with E-state index < -0.39 is 0 Å². The molecule has 1 aliphatic rings. The second-order valence-electron chi connectivity index (χ2n) is 6.44. The molecule has 1 amide bonds. The molecule has 1 fully saturated rings. The van der Waals surface area contributed by atoms with Gasteiger partial charge in [-0.25, -0.2) is 0 Å². The van der Waals surface area contributed by atoms with Crippen LogP contribution in [0.5, 0.6) is 0 Å². The van der Waals surface area contributed by atoms with Gasteiger partial charge in [-0.15, -0.1) is 0 Å². The van der Waals surface area contributed by atoms with E-state index in [9.17, 15) is 4.79 Å². The van der Waals surface area contributed by atoms with Crippen molar-refractivity contribution < 1.29 is 9.32 Å². The van der Waals surface area contributed by atoms with Gasteiger partial charge in [-0.1, -0.05) is 12.1 Å². The van der Waals surface area contributed by atoms with E-state index in [0.717, 1.165) is 37.4 Å². The van der Waals surface area contributed by atoms with Gasteiger partial charge in [0, 0.05) is 18.0 Å². The number of carbonyl (C=O) groups is 1. The molecule has 0 bridgehead atoms. The highest BCUT2D eigenvalue weighted by atomic mass is 16.5. The number of amides is 1. The van der Waals surface area contributed by atoms with E-state index in [4.69, 9.17) is 4.52 Å². The number of pyridine rings is 1. The van der Waals surface area contributed by atoms with Gasteiger partial charge in [-0.3, -0.25) is 14.7 Å². The molecule has 1 unspecified atom stereocenters. The highest BCUT2D eigenvalue weighted by Crippen LogP contribution is 2.18. The van der Waals surface area contributed by atoms with Gasteiger partial charge in [0.05, 0.1) is 6.54 Å². The summed E-state index contributed by atoms with van der Waals surface area (Å²) in [5.74, 6) is 1.65. The molecule has 3 heterocycles. The molecule has 0 spiro atoms. The molecule has 0 aromatic carbocycles. The number of rotatable bonds is 5. The molecule has 1 atom stereocenters. The molecule has 0 aliphatic carbocycles. The maximum Gasteiger partial charge on any atom is 0.249 e. The van der Waals surface area contributed by atoms with Crippen LogP contribution in [0.4, 0.5) is 0 Å². The van der Waals surface area contributed by atoms with Gasteiger partial charge < -0.3 is 9.84 Å². The normalized spacial score (nSPS) is 17.6. The average molecular weight is 329 g/mol. The molecule has 1 saturated heterocycles. The van der Waals surface area contributed by atoms with Crippen molar-refractivity contribution >= 4 is 5.91 Å². The first-order valence-corrected chi connectivity index (χ1v) is 8.37. The predicted molar refractivity (Wildman–Crippen MR) is 88.9 cm³/mol. The third kappa shape index (κ3) is 4.17. The smallest absolute Gasteiger partial charge is 0.249 e. The lowest BCUT2D eigenvalue weighted by molar-refractivity contribution is -0.123. The van der Waals surface area contributed by atoms with E-state index in [1.54, 1.807) is 12.4 Å². The van der Waals surface area contributed by atoms with Crippen molar-refractivity contribution in [3.05, 3.63) is 30.4 Å². The molecular formula is C17H23N5O2. The standard InChI is InChI=1S/C17H23N5O2/c1-12-5-9-22(10-6-12)11-15(23)19-13(2)17-20-16(21-24-17)14-3-7-18-8-4-14/h3-4,7-8,12-13H,5-6,9-11H2,1-2H3,(H,19,23). The van der Waals surface area contributed by atoms with E-state index in [1.807, 2.05) is 19.1 Å². The van der Waals surface area contributed by atoms with Crippen LogP contribution in [0.15, 0.2) is 29.0 Å². The molecule has 7 nitrogen and oxygen atoms in total. The van der Waals surface area contributed by atoms with Gasteiger partial charge in [0.25, 0.3) is 0 Å². The van der Waals surface area contributed by atoms with Crippen LogP contribution in [0.2, 0.25) is 0 Å². The minimum absolute atomic E-state index is 0.0132. The zero-order valence-electron chi connectivity index (χ0n) is 14.1. The summed E-state index contributed by atoms with van der Waals surface area (Å²) >= 11 is 0. The SMILES string of the molecule is CC1CCN(CC(=O)NC(C)c2nc(-c3ccncc3)no2)CC1. The Kier molecular flexibility index (Phi) is 5.20. The molecule has 2 aromatic heterocycles. The van der Waals surface area contributed by atoms with Crippen LogP contribution >= 0.6 is 0 Å². The van der Waals surface area contributed by atoms with Crippen molar-refractivity contribution in [2.75, 3.05) is 19.6 Å². The summed E-state index contributed by atoms with van der Waals surface area (Å²) in [7, 11) is 0. The van der Waals surface area contributed by atoms with Crippen molar-refractivity contribution in [2.45, 2.75) is 32.7 Å². The largest absolute Gasteiger partial charge is 0.343 e. The first kappa shape index (κ1) is 16.6. The van der Waals surface area contributed by atoms with Crippen molar-refractivity contribution in [3.8, 4) is 11.4 Å². The number of nitrogens with one attached hydrogen (secondary N) is 1. The van der Waals surface area contributed by atoms with Crippen molar-refractivity contribution in [1.29, 1.82) is 0 Å². The summed E-state index contributed by atoms with van der Waals surface area (Å²) in [6.45, 7) is 6.49. The predicted octanol–water partition coefficient (Wildman–Crippen LogP) is 2.04. The Labute approximate surface area is 141 Å². The first-order chi connectivity index (χ1) is 11.6. The Morgan fingerprint density at radius 2 is 2.08 bits per heavy atom. The topological polar surface area (TPSA) is 84.2 Å². The number of carbonyl (C=O) groups excluding carboxylic acids is 1. The minimum Gasteiger partial charge on any atom is -0.343 e. The van der Waals surface area contributed by atoms with Gasteiger partial charge in [-0.05, 0) is 50.9 Å². The van der Waals surface area contributed by atoms with E-state index in [2.05, 4.69) is 32.3 Å². The lowest BCUT2D eigenvalue weighted by Gasteiger charge is -2.29. The number of aromatic nitrogens is 3. The number of nitrogens with zero attached hydrogens (tertiary/aromatic N) is 4. The van der Waals surface area contributed by atoms with Crippen molar-refractivity contribution in [1.82, 2.24) is 25.3 Å². The summed E-state index contributed by atoms with van der Waals surface area (Å²) in [5.41, 5.74) is 0.834. The van der Waals surface area contributed by atoms with Crippen molar-refractivity contribution in [2.24, 2.45) is 5.92 Å². The molecule has 7 heteroatoms. The molecule has 0 radical (unpaired) electrons. The Bertz CT molecular complexity index is 665. The van der Waals surface area contributed by atoms with Crippen LogP contribution in [0.3, 0.4) is 0 Å². The fraction of sp³-hybridized carbons (Fsp3) is 0.529. The molecule has 1 aliphatic heterocycles. The maximum absolute atomic E-state index is 12.2. The molecule has 24 heavy (non-hydrogen) atoms. The van der Waals surface area contributed by atoms with Gasteiger partial charge in [0.15, 0.2) is 0 Å². The quantitative estimate of drug-likeness (QED) is 0.904. The van der Waals surface area contributed by atoms with Crippen LogP contribution in [0.25, 0.3) is 11.4 Å². The molecule has 3 rings (SSSR count). The Morgan fingerprint density at radius 1 is 1.38 bits per heavy atom. The van der Waals surface area contributed by atoms with Gasteiger partial charge >= 0.3 is 0 Å². The first-order valence-electron chi connectivity index (χ1n) is 8.37. The molecule has 2 aromatic rings. The zero-order valence-corrected chi connectivity index (χ0v) is 14.1. The molecule has 0 saturated carbocycles. The second kappa shape index (κ2) is 7.53.